The van der Waals surface area contributed by atoms with Gasteiger partial charge in [-0.2, -0.15) is 8.78 Å². The van der Waals surface area contributed by atoms with Crippen LogP contribution in [0.1, 0.15) is 13.3 Å². The minimum atomic E-state index is -4.69. The van der Waals surface area contributed by atoms with E-state index in [1.165, 1.54) is 24.1 Å². The van der Waals surface area contributed by atoms with Gasteiger partial charge < -0.3 is 9.64 Å². The summed E-state index contributed by atoms with van der Waals surface area (Å²) in [7, 11) is -3.17. The number of alkyl halides is 2. The summed E-state index contributed by atoms with van der Waals surface area (Å²) in [5.41, 5.74) is 0.127. The molecule has 1 aromatic rings. The maximum Gasteiger partial charge on any atom is 0.341 e. The maximum absolute atomic E-state index is 12.7. The molecule has 21 heavy (non-hydrogen) atoms. The fraction of sp³-hybridized carbons (Fsp3) is 0.462. The lowest BCUT2D eigenvalue weighted by Crippen LogP contribution is -2.24. The van der Waals surface area contributed by atoms with Gasteiger partial charge in [0.15, 0.2) is 0 Å². The van der Waals surface area contributed by atoms with Gasteiger partial charge in [-0.1, -0.05) is 12.1 Å². The molecule has 8 heteroatoms. The normalized spacial score (nSPS) is 11.5. The monoisotopic (exact) mass is 321 g/mol. The minimum Gasteiger partial charge on any atom is -0.466 e. The van der Waals surface area contributed by atoms with Crippen LogP contribution in [0.3, 0.4) is 0 Å². The molecule has 118 valence electrons. The summed E-state index contributed by atoms with van der Waals surface area (Å²) < 4.78 is 53.4. The zero-order valence-corrected chi connectivity index (χ0v) is 12.6. The Hall–Kier alpha value is -1.70. The number of ether oxygens (including phenoxy) is 1. The molecule has 0 aliphatic carbocycles. The van der Waals surface area contributed by atoms with Gasteiger partial charge in [-0.25, -0.2) is 8.42 Å². The van der Waals surface area contributed by atoms with Crippen molar-refractivity contribution in [1.82, 2.24) is 0 Å². The van der Waals surface area contributed by atoms with Crippen molar-refractivity contribution in [3.8, 4) is 0 Å². The number of benzene rings is 1. The Bertz CT molecular complexity index is 590. The lowest BCUT2D eigenvalue weighted by Gasteiger charge is -2.21. The van der Waals surface area contributed by atoms with Crippen LogP contribution in [-0.2, 0) is 19.4 Å². The number of carbonyl (C=O) groups excluding carboxylic acids is 1. The largest absolute Gasteiger partial charge is 0.466 e. The first kappa shape index (κ1) is 17.4. The molecular weight excluding hydrogens is 304 g/mol. The van der Waals surface area contributed by atoms with Crippen molar-refractivity contribution in [1.29, 1.82) is 0 Å². The quantitative estimate of drug-likeness (QED) is 0.720. The topological polar surface area (TPSA) is 63.7 Å². The highest BCUT2D eigenvalue weighted by Crippen LogP contribution is 2.28. The number of hydrogen-bond acceptors (Lipinski definition) is 5. The first-order valence-corrected chi connectivity index (χ1v) is 7.83. The molecule has 0 N–H and O–H groups in total. The van der Waals surface area contributed by atoms with E-state index in [1.54, 1.807) is 13.0 Å². The van der Waals surface area contributed by atoms with E-state index in [2.05, 4.69) is 0 Å². The molecule has 5 nitrogen and oxygen atoms in total. The van der Waals surface area contributed by atoms with Crippen LogP contribution < -0.4 is 4.90 Å². The second-order valence-electron chi connectivity index (χ2n) is 4.25. The van der Waals surface area contributed by atoms with Gasteiger partial charge in [0.1, 0.15) is 0 Å². The number of sulfone groups is 1. The summed E-state index contributed by atoms with van der Waals surface area (Å²) >= 11 is 0. The van der Waals surface area contributed by atoms with Crippen LogP contribution in [0.15, 0.2) is 29.2 Å². The summed E-state index contributed by atoms with van der Waals surface area (Å²) in [5, 5.41) is 0. The number of nitrogens with zero attached hydrogens (tertiary/aromatic N) is 1. The third-order valence-electron chi connectivity index (χ3n) is 2.77. The molecule has 0 saturated heterocycles. The Balaban J connectivity index is 2.96. The molecule has 0 aliphatic heterocycles. The van der Waals surface area contributed by atoms with Crippen molar-refractivity contribution in [2.24, 2.45) is 0 Å². The van der Waals surface area contributed by atoms with E-state index < -0.39 is 26.5 Å². The summed E-state index contributed by atoms with van der Waals surface area (Å²) in [4.78, 5) is 12.3. The summed E-state index contributed by atoms with van der Waals surface area (Å²) in [6, 6.07) is 5.46. The fourth-order valence-electron chi connectivity index (χ4n) is 1.72. The summed E-state index contributed by atoms with van der Waals surface area (Å²) in [6.07, 6.45) is 0.0351. The highest BCUT2D eigenvalue weighted by Gasteiger charge is 2.29. The average molecular weight is 321 g/mol. The molecule has 1 rings (SSSR count). The van der Waals surface area contributed by atoms with Gasteiger partial charge in [-0.05, 0) is 19.1 Å². The standard InChI is InChI=1S/C13H17F2NO4S/c1-3-20-12(17)8-9-16(2)10-6-4-5-7-11(10)21(18,19)13(14)15/h4-7,13H,3,8-9H2,1-2H3. The van der Waals surface area contributed by atoms with Crippen LogP contribution in [0.5, 0.6) is 0 Å². The van der Waals surface area contributed by atoms with Crippen molar-refractivity contribution < 1.29 is 26.7 Å². The second kappa shape index (κ2) is 7.35. The molecule has 1 aromatic carbocycles. The highest BCUT2D eigenvalue weighted by molar-refractivity contribution is 7.91. The summed E-state index contributed by atoms with van der Waals surface area (Å²) in [5.74, 6) is -3.92. The Morgan fingerprint density at radius 1 is 1.33 bits per heavy atom. The third kappa shape index (κ3) is 4.38. The van der Waals surface area contributed by atoms with Gasteiger partial charge in [-0.15, -0.1) is 0 Å². The smallest absolute Gasteiger partial charge is 0.341 e. The maximum atomic E-state index is 12.7. The van der Waals surface area contributed by atoms with E-state index in [4.69, 9.17) is 4.74 Å². The Morgan fingerprint density at radius 2 is 1.95 bits per heavy atom. The zero-order chi connectivity index (χ0) is 16.0. The molecule has 0 aliphatic rings. The van der Waals surface area contributed by atoms with Crippen LogP contribution >= 0.6 is 0 Å². The first-order valence-electron chi connectivity index (χ1n) is 6.28. The van der Waals surface area contributed by atoms with Crippen LogP contribution in [-0.4, -0.2) is 40.3 Å². The lowest BCUT2D eigenvalue weighted by atomic mass is 10.3. The van der Waals surface area contributed by atoms with E-state index >= 15 is 0 Å². The SMILES string of the molecule is CCOC(=O)CCN(C)c1ccccc1S(=O)(=O)C(F)F. The first-order chi connectivity index (χ1) is 9.80. The number of esters is 1. The van der Waals surface area contributed by atoms with Gasteiger partial charge in [0.25, 0.3) is 0 Å². The van der Waals surface area contributed by atoms with Crippen LogP contribution in [0, 0.1) is 0 Å². The van der Waals surface area contributed by atoms with Gasteiger partial charge in [0, 0.05) is 13.6 Å². The van der Waals surface area contributed by atoms with Gasteiger partial charge >= 0.3 is 11.7 Å². The fourth-order valence-corrected chi connectivity index (χ4v) is 2.70. The van der Waals surface area contributed by atoms with Crippen molar-refractivity contribution in [2.75, 3.05) is 25.1 Å². The molecule has 0 heterocycles. The van der Waals surface area contributed by atoms with Gasteiger partial charge in [0.05, 0.1) is 23.6 Å². The predicted molar refractivity (Wildman–Crippen MR) is 74.2 cm³/mol. The third-order valence-corrected chi connectivity index (χ3v) is 4.20. The van der Waals surface area contributed by atoms with Crippen molar-refractivity contribution in [2.45, 2.75) is 24.0 Å². The lowest BCUT2D eigenvalue weighted by molar-refractivity contribution is -0.142. The van der Waals surface area contributed by atoms with E-state index in [0.717, 1.165) is 6.07 Å². The molecule has 0 atom stereocenters. The van der Waals surface area contributed by atoms with Crippen molar-refractivity contribution >= 4 is 21.5 Å². The van der Waals surface area contributed by atoms with Crippen LogP contribution in [0.2, 0.25) is 0 Å². The van der Waals surface area contributed by atoms with Gasteiger partial charge in [-0.3, -0.25) is 4.79 Å². The molecule has 0 bridgehead atoms. The molecule has 0 saturated carbocycles. The highest BCUT2D eigenvalue weighted by atomic mass is 32.2. The Morgan fingerprint density at radius 3 is 2.52 bits per heavy atom. The molecule has 0 aromatic heterocycles. The van der Waals surface area contributed by atoms with E-state index in [1.807, 2.05) is 0 Å². The van der Waals surface area contributed by atoms with Crippen LogP contribution in [0.25, 0.3) is 0 Å². The average Bonchev–Trinajstić information content (AvgIpc) is 2.45. The molecular formula is C13H17F2NO4S. The van der Waals surface area contributed by atoms with Crippen LogP contribution in [0.4, 0.5) is 14.5 Å². The van der Waals surface area contributed by atoms with E-state index in [9.17, 15) is 22.0 Å². The number of rotatable bonds is 7. The van der Waals surface area contributed by atoms with E-state index in [0.29, 0.717) is 0 Å². The number of hydrogen-bond donors (Lipinski definition) is 0. The van der Waals surface area contributed by atoms with E-state index in [-0.39, 0.29) is 25.3 Å². The summed E-state index contributed by atoms with van der Waals surface area (Å²) in [6.45, 7) is 2.08. The number of carbonyl (C=O) groups is 1. The number of anilines is 1. The zero-order valence-electron chi connectivity index (χ0n) is 11.8. The molecule has 0 spiro atoms. The molecule has 0 radical (unpaired) electrons. The predicted octanol–water partition coefficient (Wildman–Crippen LogP) is 2.07. The van der Waals surface area contributed by atoms with Crippen molar-refractivity contribution in [3.05, 3.63) is 24.3 Å². The number of halogens is 2. The molecule has 0 amide bonds. The molecule has 0 unspecified atom stereocenters. The Kier molecular flexibility index (Phi) is 6.07. The van der Waals surface area contributed by atoms with Gasteiger partial charge in [0.2, 0.25) is 9.84 Å². The van der Waals surface area contributed by atoms with Crippen molar-refractivity contribution in [3.63, 3.8) is 0 Å². The minimum absolute atomic E-state index is 0.0351. The molecule has 0 fully saturated rings. The second-order valence-corrected chi connectivity index (χ2v) is 6.14. The Labute approximate surface area is 122 Å². The number of para-hydroxylation sites is 1.